The fourth-order valence-corrected chi connectivity index (χ4v) is 1.77. The summed E-state index contributed by atoms with van der Waals surface area (Å²) >= 11 is 0. The Bertz CT molecular complexity index is 354. The van der Waals surface area contributed by atoms with Gasteiger partial charge in [0, 0.05) is 0 Å². The van der Waals surface area contributed by atoms with Crippen LogP contribution in [0.3, 0.4) is 0 Å². The minimum Gasteiger partial charge on any atom is -0.463 e. The lowest BCUT2D eigenvalue weighted by atomic mass is 10.1. The largest absolute Gasteiger partial charge is 0.463 e. The molecule has 1 saturated carbocycles. The van der Waals surface area contributed by atoms with Crippen LogP contribution >= 0.6 is 0 Å². The van der Waals surface area contributed by atoms with Crippen LogP contribution in [0, 0.1) is 5.92 Å². The van der Waals surface area contributed by atoms with Gasteiger partial charge in [0.1, 0.15) is 5.76 Å². The number of nitrogens with one attached hydrogen (secondary N) is 1. The average Bonchev–Trinajstić information content (AvgIpc) is 2.96. The van der Waals surface area contributed by atoms with E-state index in [1.165, 1.54) is 20.0 Å². The number of hydrogen-bond donors (Lipinski definition) is 1. The predicted molar refractivity (Wildman–Crippen MR) is 54.6 cm³/mol. The van der Waals surface area contributed by atoms with Crippen LogP contribution in [0.1, 0.15) is 35.2 Å². The van der Waals surface area contributed by atoms with Crippen molar-refractivity contribution in [2.75, 3.05) is 14.2 Å². The molecule has 1 N–H and O–H groups in total. The molecular formula is C11H15NO3. The zero-order valence-corrected chi connectivity index (χ0v) is 8.95. The molecule has 1 aliphatic rings. The van der Waals surface area contributed by atoms with Crippen LogP contribution in [-0.2, 0) is 4.74 Å². The van der Waals surface area contributed by atoms with Crippen LogP contribution in [-0.4, -0.2) is 20.1 Å². The Morgan fingerprint density at radius 3 is 2.87 bits per heavy atom. The number of rotatable bonds is 4. The Balaban J connectivity index is 2.14. The lowest BCUT2D eigenvalue weighted by molar-refractivity contribution is 0.0561. The van der Waals surface area contributed by atoms with Gasteiger partial charge in [-0.3, -0.25) is 0 Å². The highest BCUT2D eigenvalue weighted by molar-refractivity contribution is 5.86. The summed E-state index contributed by atoms with van der Waals surface area (Å²) in [5.41, 5.74) is 0. The molecule has 0 spiro atoms. The van der Waals surface area contributed by atoms with Crippen molar-refractivity contribution in [2.24, 2.45) is 5.92 Å². The van der Waals surface area contributed by atoms with Crippen molar-refractivity contribution in [1.29, 1.82) is 0 Å². The van der Waals surface area contributed by atoms with Gasteiger partial charge in [0.15, 0.2) is 0 Å². The zero-order valence-electron chi connectivity index (χ0n) is 8.95. The fourth-order valence-electron chi connectivity index (χ4n) is 1.77. The molecule has 1 heterocycles. The van der Waals surface area contributed by atoms with Crippen molar-refractivity contribution >= 4 is 5.97 Å². The molecule has 0 bridgehead atoms. The van der Waals surface area contributed by atoms with Gasteiger partial charge in [-0.1, -0.05) is 0 Å². The number of ether oxygens (including phenoxy) is 1. The first-order chi connectivity index (χ1) is 7.26. The highest BCUT2D eigenvalue weighted by atomic mass is 16.5. The van der Waals surface area contributed by atoms with Crippen molar-refractivity contribution < 1.29 is 13.9 Å². The van der Waals surface area contributed by atoms with E-state index in [0.717, 1.165) is 5.76 Å². The Hall–Kier alpha value is -1.29. The van der Waals surface area contributed by atoms with Crippen LogP contribution in [0.5, 0.6) is 0 Å². The molecule has 0 aliphatic heterocycles. The molecule has 4 heteroatoms. The normalized spacial score (nSPS) is 17.5. The first-order valence-corrected chi connectivity index (χ1v) is 5.11. The molecule has 0 saturated heterocycles. The van der Waals surface area contributed by atoms with E-state index in [0.29, 0.717) is 5.92 Å². The number of carbonyl (C=O) groups excluding carboxylic acids is 1. The molecule has 0 amide bonds. The molecule has 0 aromatic carbocycles. The second-order valence-electron chi connectivity index (χ2n) is 3.80. The molecule has 1 aromatic heterocycles. The van der Waals surface area contributed by atoms with Crippen molar-refractivity contribution in [1.82, 2.24) is 5.32 Å². The van der Waals surface area contributed by atoms with Gasteiger partial charge in [-0.05, 0) is 37.9 Å². The molecule has 82 valence electrons. The lowest BCUT2D eigenvalue weighted by Crippen LogP contribution is -2.17. The van der Waals surface area contributed by atoms with Gasteiger partial charge in [0.25, 0.3) is 0 Å². The van der Waals surface area contributed by atoms with Gasteiger partial charge in [-0.2, -0.15) is 0 Å². The van der Waals surface area contributed by atoms with Gasteiger partial charge in [0.05, 0.1) is 13.2 Å². The summed E-state index contributed by atoms with van der Waals surface area (Å²) in [6.45, 7) is 0. The maximum absolute atomic E-state index is 11.2. The first-order valence-electron chi connectivity index (χ1n) is 5.11. The van der Waals surface area contributed by atoms with E-state index < -0.39 is 5.97 Å². The standard InChI is InChI=1S/C11H15NO3/c1-12-10(7-3-4-7)8-5-6-9(15-8)11(13)14-2/h5-7,10,12H,3-4H2,1-2H3. The van der Waals surface area contributed by atoms with Crippen LogP contribution in [0.2, 0.25) is 0 Å². The van der Waals surface area contributed by atoms with E-state index in [2.05, 4.69) is 10.1 Å². The number of methoxy groups -OCH3 is 1. The summed E-state index contributed by atoms with van der Waals surface area (Å²) in [6, 6.07) is 3.73. The Morgan fingerprint density at radius 1 is 1.60 bits per heavy atom. The molecule has 15 heavy (non-hydrogen) atoms. The van der Waals surface area contributed by atoms with E-state index in [-0.39, 0.29) is 11.8 Å². The summed E-state index contributed by atoms with van der Waals surface area (Å²) in [6.07, 6.45) is 2.44. The van der Waals surface area contributed by atoms with Crippen molar-refractivity contribution in [3.63, 3.8) is 0 Å². The minimum absolute atomic E-state index is 0.225. The molecule has 1 unspecified atom stereocenters. The lowest BCUT2D eigenvalue weighted by Gasteiger charge is -2.11. The van der Waals surface area contributed by atoms with E-state index in [9.17, 15) is 4.79 Å². The number of furan rings is 1. The van der Waals surface area contributed by atoms with Gasteiger partial charge < -0.3 is 14.5 Å². The van der Waals surface area contributed by atoms with Crippen LogP contribution in [0.25, 0.3) is 0 Å². The predicted octanol–water partition coefficient (Wildman–Crippen LogP) is 1.74. The van der Waals surface area contributed by atoms with Gasteiger partial charge in [-0.15, -0.1) is 0 Å². The van der Waals surface area contributed by atoms with Gasteiger partial charge in [-0.25, -0.2) is 4.79 Å². The number of carbonyl (C=O) groups is 1. The third-order valence-electron chi connectivity index (χ3n) is 2.72. The highest BCUT2D eigenvalue weighted by Crippen LogP contribution is 2.41. The summed E-state index contributed by atoms with van der Waals surface area (Å²) in [5.74, 6) is 1.31. The monoisotopic (exact) mass is 209 g/mol. The number of esters is 1. The summed E-state index contributed by atoms with van der Waals surface area (Å²) in [7, 11) is 3.25. The zero-order chi connectivity index (χ0) is 10.8. The Morgan fingerprint density at radius 2 is 2.33 bits per heavy atom. The van der Waals surface area contributed by atoms with Crippen LogP contribution in [0.4, 0.5) is 0 Å². The molecule has 2 rings (SSSR count). The van der Waals surface area contributed by atoms with Crippen LogP contribution in [0.15, 0.2) is 16.5 Å². The average molecular weight is 209 g/mol. The number of hydrogen-bond acceptors (Lipinski definition) is 4. The summed E-state index contributed by atoms with van der Waals surface area (Å²) in [4.78, 5) is 11.2. The third kappa shape index (κ3) is 2.04. The second kappa shape index (κ2) is 4.06. The highest BCUT2D eigenvalue weighted by Gasteiger charge is 2.33. The smallest absolute Gasteiger partial charge is 0.373 e. The first kappa shape index (κ1) is 10.2. The second-order valence-corrected chi connectivity index (χ2v) is 3.80. The van der Waals surface area contributed by atoms with Gasteiger partial charge >= 0.3 is 5.97 Å². The molecule has 1 atom stereocenters. The van der Waals surface area contributed by atoms with Crippen molar-refractivity contribution in [2.45, 2.75) is 18.9 Å². The maximum atomic E-state index is 11.2. The fraction of sp³-hybridized carbons (Fsp3) is 0.545. The van der Waals surface area contributed by atoms with E-state index in [1.807, 2.05) is 13.1 Å². The van der Waals surface area contributed by atoms with E-state index in [1.54, 1.807) is 6.07 Å². The van der Waals surface area contributed by atoms with E-state index >= 15 is 0 Å². The van der Waals surface area contributed by atoms with Crippen molar-refractivity contribution in [3.05, 3.63) is 23.7 Å². The topological polar surface area (TPSA) is 51.5 Å². The SMILES string of the molecule is CNC(c1ccc(C(=O)OC)o1)C1CC1. The minimum atomic E-state index is -0.424. The van der Waals surface area contributed by atoms with E-state index in [4.69, 9.17) is 4.42 Å². The quantitative estimate of drug-likeness (QED) is 0.767. The van der Waals surface area contributed by atoms with Crippen LogP contribution < -0.4 is 5.32 Å². The Labute approximate surface area is 88.6 Å². The summed E-state index contributed by atoms with van der Waals surface area (Å²) < 4.78 is 10.0. The molecule has 1 aliphatic carbocycles. The molecule has 4 nitrogen and oxygen atoms in total. The third-order valence-corrected chi connectivity index (χ3v) is 2.72. The van der Waals surface area contributed by atoms with Crippen molar-refractivity contribution in [3.8, 4) is 0 Å². The van der Waals surface area contributed by atoms with Gasteiger partial charge in [0.2, 0.25) is 5.76 Å². The molecule has 0 radical (unpaired) electrons. The summed E-state index contributed by atoms with van der Waals surface area (Å²) in [5, 5.41) is 3.20. The molecular weight excluding hydrogens is 194 g/mol. The Kier molecular flexibility index (Phi) is 2.77. The molecule has 1 aromatic rings. The molecule has 1 fully saturated rings. The maximum Gasteiger partial charge on any atom is 0.373 e.